The molecule has 0 amide bonds. The highest BCUT2D eigenvalue weighted by Gasteiger charge is 2.11. The molecule has 102 valence electrons. The Kier molecular flexibility index (Phi) is 4.56. The van der Waals surface area contributed by atoms with Crippen molar-refractivity contribution in [3.8, 4) is 11.5 Å². The van der Waals surface area contributed by atoms with Crippen LogP contribution in [-0.2, 0) is 6.42 Å². The molecule has 1 aromatic carbocycles. The molecule has 0 saturated heterocycles. The van der Waals surface area contributed by atoms with Crippen LogP contribution in [0.4, 0.5) is 0 Å². The van der Waals surface area contributed by atoms with E-state index < -0.39 is 0 Å². The summed E-state index contributed by atoms with van der Waals surface area (Å²) in [5, 5.41) is 12.1. The number of nitrogens with zero attached hydrogens (tertiary/aromatic N) is 2. The van der Waals surface area contributed by atoms with E-state index in [0.29, 0.717) is 22.8 Å². The molecule has 2 rings (SSSR count). The largest absolute Gasteiger partial charge is 0.421 e. The average molecular weight is 280 g/mol. The number of hydrogen-bond donors (Lipinski definition) is 1. The number of hydrogen-bond acceptors (Lipinski definition) is 4. The second-order valence-corrected chi connectivity index (χ2v) is 5.26. The first-order valence-electron chi connectivity index (χ1n) is 6.38. The summed E-state index contributed by atoms with van der Waals surface area (Å²) in [5.41, 5.74) is 1.96. The van der Waals surface area contributed by atoms with E-state index in [0.717, 1.165) is 24.1 Å². The lowest BCUT2D eigenvalue weighted by atomic mass is 10.1. The Labute approximate surface area is 118 Å². The molecule has 0 aliphatic heterocycles. The molecule has 0 fully saturated rings. The summed E-state index contributed by atoms with van der Waals surface area (Å²) in [7, 11) is 0. The standard InChI is InChI=1S/C14H18ClN3O/c1-9(2)16-7-6-13-17-18-14(19-13)12-8-11(15)5-4-10(12)3/h4-5,8-9,16H,6-7H2,1-3H3. The van der Waals surface area contributed by atoms with Crippen molar-refractivity contribution in [3.05, 3.63) is 34.7 Å². The van der Waals surface area contributed by atoms with Crippen LogP contribution in [0.3, 0.4) is 0 Å². The van der Waals surface area contributed by atoms with Crippen molar-refractivity contribution >= 4 is 11.6 Å². The van der Waals surface area contributed by atoms with Gasteiger partial charge in [0.25, 0.3) is 0 Å². The van der Waals surface area contributed by atoms with Crippen LogP contribution in [0.2, 0.25) is 5.02 Å². The molecule has 0 bridgehead atoms. The lowest BCUT2D eigenvalue weighted by Gasteiger charge is -2.05. The first kappa shape index (κ1) is 14.0. The summed E-state index contributed by atoms with van der Waals surface area (Å²) < 4.78 is 5.67. The zero-order valence-electron chi connectivity index (χ0n) is 11.4. The number of benzene rings is 1. The quantitative estimate of drug-likeness (QED) is 0.913. The molecule has 0 spiro atoms. The Morgan fingerprint density at radius 2 is 2.11 bits per heavy atom. The van der Waals surface area contributed by atoms with Crippen molar-refractivity contribution in [1.29, 1.82) is 0 Å². The summed E-state index contributed by atoms with van der Waals surface area (Å²) in [6.07, 6.45) is 0.727. The zero-order valence-corrected chi connectivity index (χ0v) is 12.2. The Bertz CT molecular complexity index is 551. The molecule has 0 atom stereocenters. The molecule has 0 saturated carbocycles. The second kappa shape index (κ2) is 6.17. The molecular weight excluding hydrogens is 262 g/mol. The van der Waals surface area contributed by atoms with Crippen LogP contribution in [0.15, 0.2) is 22.6 Å². The molecule has 0 radical (unpaired) electrons. The van der Waals surface area contributed by atoms with Gasteiger partial charge in [-0.2, -0.15) is 0 Å². The van der Waals surface area contributed by atoms with E-state index in [1.165, 1.54) is 0 Å². The average Bonchev–Trinajstić information content (AvgIpc) is 2.80. The zero-order chi connectivity index (χ0) is 13.8. The van der Waals surface area contributed by atoms with Crippen LogP contribution in [0.1, 0.15) is 25.3 Å². The molecule has 0 unspecified atom stereocenters. The molecule has 1 heterocycles. The molecule has 4 nitrogen and oxygen atoms in total. The van der Waals surface area contributed by atoms with Gasteiger partial charge in [-0.3, -0.25) is 0 Å². The van der Waals surface area contributed by atoms with E-state index in [1.807, 2.05) is 25.1 Å². The first-order chi connectivity index (χ1) is 9.06. The van der Waals surface area contributed by atoms with Gasteiger partial charge in [0.1, 0.15) is 0 Å². The molecule has 1 N–H and O–H groups in total. The maximum absolute atomic E-state index is 5.99. The highest BCUT2D eigenvalue weighted by molar-refractivity contribution is 6.30. The van der Waals surface area contributed by atoms with Gasteiger partial charge in [0.2, 0.25) is 11.8 Å². The third kappa shape index (κ3) is 3.78. The van der Waals surface area contributed by atoms with Gasteiger partial charge in [-0.1, -0.05) is 31.5 Å². The first-order valence-corrected chi connectivity index (χ1v) is 6.76. The lowest BCUT2D eigenvalue weighted by Crippen LogP contribution is -2.25. The number of halogens is 1. The Morgan fingerprint density at radius 3 is 2.84 bits per heavy atom. The van der Waals surface area contributed by atoms with E-state index in [-0.39, 0.29) is 0 Å². The van der Waals surface area contributed by atoms with E-state index in [4.69, 9.17) is 16.0 Å². The van der Waals surface area contributed by atoms with Gasteiger partial charge in [0.15, 0.2) is 0 Å². The minimum Gasteiger partial charge on any atom is -0.421 e. The monoisotopic (exact) mass is 279 g/mol. The SMILES string of the molecule is Cc1ccc(Cl)cc1-c1nnc(CCNC(C)C)o1. The fourth-order valence-corrected chi connectivity index (χ4v) is 1.93. The molecule has 2 aromatic rings. The molecular formula is C14H18ClN3O. The highest BCUT2D eigenvalue weighted by Crippen LogP contribution is 2.25. The third-order valence-electron chi connectivity index (χ3n) is 2.79. The van der Waals surface area contributed by atoms with Crippen LogP contribution in [0.25, 0.3) is 11.5 Å². The van der Waals surface area contributed by atoms with Crippen molar-refractivity contribution in [2.45, 2.75) is 33.2 Å². The Hall–Kier alpha value is -1.39. The van der Waals surface area contributed by atoms with Crippen LogP contribution < -0.4 is 5.32 Å². The van der Waals surface area contributed by atoms with Crippen molar-refractivity contribution in [2.24, 2.45) is 0 Å². The predicted octanol–water partition coefficient (Wildman–Crippen LogP) is 3.24. The summed E-state index contributed by atoms with van der Waals surface area (Å²) >= 11 is 5.99. The fourth-order valence-electron chi connectivity index (χ4n) is 1.76. The number of rotatable bonds is 5. The fraction of sp³-hybridized carbons (Fsp3) is 0.429. The van der Waals surface area contributed by atoms with E-state index in [1.54, 1.807) is 0 Å². The van der Waals surface area contributed by atoms with Gasteiger partial charge in [0, 0.05) is 29.6 Å². The predicted molar refractivity (Wildman–Crippen MR) is 76.3 cm³/mol. The molecule has 19 heavy (non-hydrogen) atoms. The van der Waals surface area contributed by atoms with Gasteiger partial charge in [-0.05, 0) is 24.6 Å². The smallest absolute Gasteiger partial charge is 0.248 e. The van der Waals surface area contributed by atoms with Crippen molar-refractivity contribution in [2.75, 3.05) is 6.54 Å². The van der Waals surface area contributed by atoms with E-state index in [2.05, 4.69) is 29.4 Å². The van der Waals surface area contributed by atoms with Crippen molar-refractivity contribution in [1.82, 2.24) is 15.5 Å². The maximum Gasteiger partial charge on any atom is 0.248 e. The van der Waals surface area contributed by atoms with Gasteiger partial charge < -0.3 is 9.73 Å². The van der Waals surface area contributed by atoms with Gasteiger partial charge in [-0.15, -0.1) is 10.2 Å². The summed E-state index contributed by atoms with van der Waals surface area (Å²) in [6, 6.07) is 6.10. The second-order valence-electron chi connectivity index (χ2n) is 4.82. The maximum atomic E-state index is 5.99. The number of nitrogens with one attached hydrogen (secondary N) is 1. The van der Waals surface area contributed by atoms with Crippen molar-refractivity contribution in [3.63, 3.8) is 0 Å². The van der Waals surface area contributed by atoms with Gasteiger partial charge in [0.05, 0.1) is 0 Å². The number of aryl methyl sites for hydroxylation is 1. The topological polar surface area (TPSA) is 51.0 Å². The van der Waals surface area contributed by atoms with Crippen LogP contribution in [0.5, 0.6) is 0 Å². The summed E-state index contributed by atoms with van der Waals surface area (Å²) in [6.45, 7) is 7.03. The van der Waals surface area contributed by atoms with Crippen molar-refractivity contribution < 1.29 is 4.42 Å². The summed E-state index contributed by atoms with van der Waals surface area (Å²) in [4.78, 5) is 0. The minimum atomic E-state index is 0.456. The lowest BCUT2D eigenvalue weighted by molar-refractivity contribution is 0.484. The van der Waals surface area contributed by atoms with Crippen LogP contribution in [0, 0.1) is 6.92 Å². The van der Waals surface area contributed by atoms with Gasteiger partial charge in [-0.25, -0.2) is 0 Å². The Balaban J connectivity index is 2.10. The molecule has 1 aromatic heterocycles. The minimum absolute atomic E-state index is 0.456. The Morgan fingerprint density at radius 1 is 1.32 bits per heavy atom. The molecule has 0 aliphatic rings. The molecule has 5 heteroatoms. The van der Waals surface area contributed by atoms with Crippen LogP contribution in [-0.4, -0.2) is 22.8 Å². The van der Waals surface area contributed by atoms with E-state index in [9.17, 15) is 0 Å². The normalized spacial score (nSPS) is 11.2. The summed E-state index contributed by atoms with van der Waals surface area (Å²) in [5.74, 6) is 1.17. The number of aromatic nitrogens is 2. The highest BCUT2D eigenvalue weighted by atomic mass is 35.5. The molecule has 0 aliphatic carbocycles. The van der Waals surface area contributed by atoms with E-state index >= 15 is 0 Å². The van der Waals surface area contributed by atoms with Gasteiger partial charge >= 0.3 is 0 Å². The van der Waals surface area contributed by atoms with Crippen LogP contribution >= 0.6 is 11.6 Å². The third-order valence-corrected chi connectivity index (χ3v) is 3.02.